The summed E-state index contributed by atoms with van der Waals surface area (Å²) in [6, 6.07) is 10.6. The summed E-state index contributed by atoms with van der Waals surface area (Å²) in [5.41, 5.74) is 2.76. The Hall–Kier alpha value is -1.34. The third-order valence-corrected chi connectivity index (χ3v) is 5.71. The zero-order valence-electron chi connectivity index (χ0n) is 11.9. The Kier molecular flexibility index (Phi) is 3.69. The van der Waals surface area contributed by atoms with Gasteiger partial charge in [0, 0.05) is 29.9 Å². The van der Waals surface area contributed by atoms with Gasteiger partial charge in [-0.2, -0.15) is 0 Å². The molecule has 0 unspecified atom stereocenters. The van der Waals surface area contributed by atoms with E-state index in [4.69, 9.17) is 24.4 Å². The highest BCUT2D eigenvalue weighted by Crippen LogP contribution is 2.34. The number of aromatic nitrogens is 2. The molecule has 2 N–H and O–H groups in total. The van der Waals surface area contributed by atoms with Crippen LogP contribution in [0.5, 0.6) is 0 Å². The van der Waals surface area contributed by atoms with Gasteiger partial charge in [0.25, 0.3) is 0 Å². The van der Waals surface area contributed by atoms with Crippen LogP contribution in [0.3, 0.4) is 0 Å². The Balaban J connectivity index is 1.68. The fourth-order valence-electron chi connectivity index (χ4n) is 3.06. The molecule has 0 atom stereocenters. The first-order valence-electron chi connectivity index (χ1n) is 7.24. The van der Waals surface area contributed by atoms with E-state index in [0.29, 0.717) is 4.77 Å². The van der Waals surface area contributed by atoms with E-state index >= 15 is 0 Å². The molecular formula is C16H15N3S3. The third kappa shape index (κ3) is 2.56. The van der Waals surface area contributed by atoms with Gasteiger partial charge in [0.05, 0.1) is 0 Å². The Morgan fingerprint density at radius 3 is 2.77 bits per heavy atom. The molecule has 6 heteroatoms. The minimum absolute atomic E-state index is 0.609. The molecule has 0 saturated carbocycles. The molecule has 0 fully saturated rings. The first-order chi connectivity index (χ1) is 10.7. The highest BCUT2D eigenvalue weighted by atomic mass is 32.1. The second-order valence-corrected chi connectivity index (χ2v) is 7.48. The molecule has 0 spiro atoms. The summed E-state index contributed by atoms with van der Waals surface area (Å²) < 4.78 is 1.38. The van der Waals surface area contributed by atoms with Crippen LogP contribution < -0.4 is 0 Å². The Morgan fingerprint density at radius 1 is 1.14 bits per heavy atom. The molecule has 0 aliphatic carbocycles. The predicted octanol–water partition coefficient (Wildman–Crippen LogP) is 4.57. The maximum absolute atomic E-state index is 5.47. The van der Waals surface area contributed by atoms with Crippen molar-refractivity contribution >= 4 is 46.0 Å². The standard InChI is InChI=1S/C16H15N3S3/c20-14-13-11-6-7-19(8-10-4-2-1-3-5-10)9-12(11)22-15(13)18-16(21)17-14/h1-5H,6-9H2,(H2,17,18,20,21). The molecule has 0 amide bonds. The van der Waals surface area contributed by atoms with Gasteiger partial charge in [0.15, 0.2) is 4.77 Å². The van der Waals surface area contributed by atoms with Crippen LogP contribution in [0.1, 0.15) is 16.0 Å². The van der Waals surface area contributed by atoms with E-state index in [0.717, 1.165) is 35.5 Å². The van der Waals surface area contributed by atoms with Crippen molar-refractivity contribution in [2.45, 2.75) is 19.5 Å². The number of rotatable bonds is 2. The zero-order chi connectivity index (χ0) is 15.1. The van der Waals surface area contributed by atoms with Crippen LogP contribution in [0.2, 0.25) is 0 Å². The summed E-state index contributed by atoms with van der Waals surface area (Å²) in [5, 5.41) is 1.17. The Morgan fingerprint density at radius 2 is 1.95 bits per heavy atom. The Bertz CT molecular complexity index is 937. The lowest BCUT2D eigenvalue weighted by Crippen LogP contribution is -2.29. The van der Waals surface area contributed by atoms with Gasteiger partial charge in [-0.05, 0) is 29.8 Å². The van der Waals surface area contributed by atoms with Crippen molar-refractivity contribution in [1.29, 1.82) is 0 Å². The van der Waals surface area contributed by atoms with E-state index in [1.54, 1.807) is 11.3 Å². The molecule has 3 aromatic rings. The number of aromatic amines is 2. The molecule has 1 aromatic carbocycles. The normalized spacial score (nSPS) is 15.1. The lowest BCUT2D eigenvalue weighted by Gasteiger charge is -2.26. The molecule has 112 valence electrons. The molecule has 0 saturated heterocycles. The van der Waals surface area contributed by atoms with Crippen molar-refractivity contribution in [2.75, 3.05) is 6.54 Å². The van der Waals surface area contributed by atoms with E-state index < -0.39 is 0 Å². The predicted molar refractivity (Wildman–Crippen MR) is 96.5 cm³/mol. The van der Waals surface area contributed by atoms with Crippen molar-refractivity contribution in [2.24, 2.45) is 0 Å². The van der Waals surface area contributed by atoms with Crippen molar-refractivity contribution in [3.05, 3.63) is 55.7 Å². The monoisotopic (exact) mass is 345 g/mol. The van der Waals surface area contributed by atoms with Crippen molar-refractivity contribution in [3.63, 3.8) is 0 Å². The topological polar surface area (TPSA) is 34.8 Å². The first kappa shape index (κ1) is 14.3. The molecule has 1 aliphatic rings. The van der Waals surface area contributed by atoms with Crippen LogP contribution in [0.15, 0.2) is 30.3 Å². The van der Waals surface area contributed by atoms with Gasteiger partial charge in [-0.15, -0.1) is 11.3 Å². The van der Waals surface area contributed by atoms with Crippen molar-refractivity contribution in [3.8, 4) is 0 Å². The van der Waals surface area contributed by atoms with Gasteiger partial charge < -0.3 is 9.97 Å². The van der Waals surface area contributed by atoms with E-state index in [1.165, 1.54) is 21.4 Å². The molecular weight excluding hydrogens is 330 g/mol. The number of benzene rings is 1. The maximum atomic E-state index is 5.47. The number of H-pyrrole nitrogens is 2. The van der Waals surface area contributed by atoms with Crippen LogP contribution >= 0.6 is 35.8 Å². The summed E-state index contributed by atoms with van der Waals surface area (Å²) in [7, 11) is 0. The maximum Gasteiger partial charge on any atom is 0.176 e. The Labute approximate surface area is 142 Å². The summed E-state index contributed by atoms with van der Waals surface area (Å²) in [6.07, 6.45) is 1.05. The highest BCUT2D eigenvalue weighted by molar-refractivity contribution is 7.72. The van der Waals surface area contributed by atoms with Crippen molar-refractivity contribution < 1.29 is 0 Å². The van der Waals surface area contributed by atoms with Gasteiger partial charge in [-0.1, -0.05) is 42.5 Å². The SMILES string of the molecule is S=c1[nH]c(=S)c2c3c(sc2[nH]1)CN(Cc1ccccc1)CC3. The average Bonchev–Trinajstić information content (AvgIpc) is 2.85. The van der Waals surface area contributed by atoms with E-state index in [1.807, 2.05) is 0 Å². The first-order valence-corrected chi connectivity index (χ1v) is 8.87. The van der Waals surface area contributed by atoms with Crippen LogP contribution in [0.4, 0.5) is 0 Å². The third-order valence-electron chi connectivity index (χ3n) is 4.07. The van der Waals surface area contributed by atoms with Crippen LogP contribution in [0.25, 0.3) is 10.2 Å². The van der Waals surface area contributed by atoms with Crippen molar-refractivity contribution in [1.82, 2.24) is 14.9 Å². The lowest BCUT2D eigenvalue weighted by molar-refractivity contribution is 0.249. The molecule has 3 heterocycles. The minimum Gasteiger partial charge on any atom is -0.324 e. The van der Waals surface area contributed by atoms with Crippen LogP contribution in [-0.2, 0) is 19.5 Å². The van der Waals surface area contributed by atoms with Gasteiger partial charge in [-0.3, -0.25) is 4.90 Å². The number of nitrogens with one attached hydrogen (secondary N) is 2. The number of hydrogen-bond acceptors (Lipinski definition) is 4. The molecule has 3 nitrogen and oxygen atoms in total. The van der Waals surface area contributed by atoms with Gasteiger partial charge >= 0.3 is 0 Å². The summed E-state index contributed by atoms with van der Waals surface area (Å²) in [6.45, 7) is 3.05. The number of nitrogens with zero attached hydrogens (tertiary/aromatic N) is 1. The fraction of sp³-hybridized carbons (Fsp3) is 0.250. The van der Waals surface area contributed by atoms with Gasteiger partial charge in [0.1, 0.15) is 9.47 Å². The summed E-state index contributed by atoms with van der Waals surface area (Å²) in [4.78, 5) is 11.3. The molecule has 0 bridgehead atoms. The molecule has 0 radical (unpaired) electrons. The number of hydrogen-bond donors (Lipinski definition) is 2. The number of fused-ring (bicyclic) bond motifs is 3. The van der Waals surface area contributed by atoms with E-state index in [2.05, 4.69) is 45.2 Å². The van der Waals surface area contributed by atoms with E-state index in [-0.39, 0.29) is 0 Å². The second-order valence-electron chi connectivity index (χ2n) is 5.56. The van der Waals surface area contributed by atoms with Crippen LogP contribution in [-0.4, -0.2) is 21.4 Å². The van der Waals surface area contributed by atoms with Gasteiger partial charge in [-0.25, -0.2) is 0 Å². The fourth-order valence-corrected chi connectivity index (χ4v) is 5.09. The quantitative estimate of drug-likeness (QED) is 0.668. The molecule has 2 aromatic heterocycles. The summed E-state index contributed by atoms with van der Waals surface area (Å²) in [5.74, 6) is 0. The largest absolute Gasteiger partial charge is 0.324 e. The molecule has 1 aliphatic heterocycles. The summed E-state index contributed by atoms with van der Waals surface area (Å²) >= 11 is 12.5. The highest BCUT2D eigenvalue weighted by Gasteiger charge is 2.22. The van der Waals surface area contributed by atoms with Crippen LogP contribution in [0, 0.1) is 9.41 Å². The smallest absolute Gasteiger partial charge is 0.176 e. The molecule has 22 heavy (non-hydrogen) atoms. The second kappa shape index (κ2) is 5.70. The van der Waals surface area contributed by atoms with Gasteiger partial charge in [0.2, 0.25) is 0 Å². The van der Waals surface area contributed by atoms with E-state index in [9.17, 15) is 0 Å². The minimum atomic E-state index is 0.609. The lowest BCUT2D eigenvalue weighted by atomic mass is 10.0. The molecule has 4 rings (SSSR count). The average molecular weight is 346 g/mol. The number of thiophene rings is 1. The zero-order valence-corrected chi connectivity index (χ0v) is 14.3.